The highest BCUT2D eigenvalue weighted by Gasteiger charge is 2.21. The van der Waals surface area contributed by atoms with Crippen LogP contribution in [0.2, 0.25) is 0 Å². The monoisotopic (exact) mass is 457 g/mol. The lowest BCUT2D eigenvalue weighted by Gasteiger charge is -2.15. The van der Waals surface area contributed by atoms with Crippen molar-refractivity contribution in [2.45, 2.75) is 18.1 Å². The summed E-state index contributed by atoms with van der Waals surface area (Å²) in [5.41, 5.74) is 2.25. The van der Waals surface area contributed by atoms with E-state index in [0.717, 1.165) is 28.7 Å². The van der Waals surface area contributed by atoms with Crippen LogP contribution in [0.25, 0.3) is 11.5 Å². The van der Waals surface area contributed by atoms with Crippen molar-refractivity contribution >= 4 is 45.1 Å². The average molecular weight is 458 g/mol. The first kappa shape index (κ1) is 18.9. The zero-order valence-corrected chi connectivity index (χ0v) is 17.2. The van der Waals surface area contributed by atoms with Gasteiger partial charge in [-0.1, -0.05) is 27.7 Å². The van der Waals surface area contributed by atoms with E-state index in [9.17, 15) is 9.59 Å². The van der Waals surface area contributed by atoms with Crippen molar-refractivity contribution in [2.24, 2.45) is 0 Å². The average Bonchev–Trinajstić information content (AvgIpc) is 3.36. The van der Waals surface area contributed by atoms with E-state index in [1.807, 2.05) is 36.4 Å². The molecule has 6 nitrogen and oxygen atoms in total. The molecule has 0 aliphatic carbocycles. The Morgan fingerprint density at radius 3 is 2.54 bits per heavy atom. The predicted molar refractivity (Wildman–Crippen MR) is 111 cm³/mol. The molecule has 1 saturated heterocycles. The summed E-state index contributed by atoms with van der Waals surface area (Å²) in [5.74, 6) is 0.714. The van der Waals surface area contributed by atoms with Gasteiger partial charge in [-0.25, -0.2) is 0 Å². The molecular weight excluding hydrogens is 442 g/mol. The van der Waals surface area contributed by atoms with E-state index in [1.165, 1.54) is 11.8 Å². The van der Waals surface area contributed by atoms with Crippen LogP contribution in [-0.2, 0) is 4.79 Å². The number of ketones is 1. The lowest BCUT2D eigenvalue weighted by atomic mass is 10.1. The maximum absolute atomic E-state index is 12.4. The Kier molecular flexibility index (Phi) is 5.59. The molecule has 4 rings (SSSR count). The molecule has 0 unspecified atom stereocenters. The number of anilines is 1. The van der Waals surface area contributed by atoms with Crippen LogP contribution in [-0.4, -0.2) is 34.2 Å². The quantitative estimate of drug-likeness (QED) is 0.397. The number of halogens is 1. The molecule has 0 bridgehead atoms. The van der Waals surface area contributed by atoms with E-state index in [2.05, 4.69) is 26.1 Å². The summed E-state index contributed by atoms with van der Waals surface area (Å²) >= 11 is 4.59. The second-order valence-corrected chi connectivity index (χ2v) is 8.13. The van der Waals surface area contributed by atoms with Gasteiger partial charge in [0.15, 0.2) is 5.78 Å². The number of benzene rings is 2. The van der Waals surface area contributed by atoms with Gasteiger partial charge >= 0.3 is 0 Å². The van der Waals surface area contributed by atoms with Crippen molar-refractivity contribution in [3.05, 3.63) is 58.6 Å². The number of thioether (sulfide) groups is 1. The van der Waals surface area contributed by atoms with Crippen LogP contribution in [0, 0.1) is 0 Å². The molecule has 0 radical (unpaired) electrons. The van der Waals surface area contributed by atoms with Gasteiger partial charge in [0.05, 0.1) is 5.75 Å². The molecule has 142 valence electrons. The van der Waals surface area contributed by atoms with Crippen LogP contribution in [0.4, 0.5) is 5.69 Å². The number of hydrogen-bond donors (Lipinski definition) is 0. The molecule has 1 amide bonds. The topological polar surface area (TPSA) is 76.3 Å². The standard InChI is InChI=1S/C20H16BrN3O3S/c21-15-7-3-14(4-8-15)19-22-23-20(27-19)28-12-17(25)13-5-9-16(10-6-13)24-11-1-2-18(24)26/h3-10H,1-2,11-12H2. The highest BCUT2D eigenvalue weighted by Crippen LogP contribution is 2.26. The van der Waals surface area contributed by atoms with Crippen LogP contribution < -0.4 is 4.90 Å². The second-order valence-electron chi connectivity index (χ2n) is 6.29. The Morgan fingerprint density at radius 2 is 1.86 bits per heavy atom. The number of carbonyl (C=O) groups is 2. The summed E-state index contributed by atoms with van der Waals surface area (Å²) in [5, 5.41) is 8.37. The Hall–Kier alpha value is -2.45. The number of Topliss-reactive ketones (excluding diaryl/α,β-unsaturated/α-hetero) is 1. The molecule has 0 atom stereocenters. The molecule has 3 aromatic rings. The Bertz CT molecular complexity index is 1000. The van der Waals surface area contributed by atoms with Crippen LogP contribution >= 0.6 is 27.7 Å². The van der Waals surface area contributed by atoms with Gasteiger partial charge in [0, 0.05) is 34.3 Å². The molecule has 0 N–H and O–H groups in total. The smallest absolute Gasteiger partial charge is 0.277 e. The summed E-state index contributed by atoms with van der Waals surface area (Å²) in [4.78, 5) is 26.0. The predicted octanol–water partition coefficient (Wildman–Crippen LogP) is 4.60. The zero-order valence-electron chi connectivity index (χ0n) is 14.8. The van der Waals surface area contributed by atoms with Crippen LogP contribution in [0.3, 0.4) is 0 Å². The fourth-order valence-electron chi connectivity index (χ4n) is 2.94. The van der Waals surface area contributed by atoms with Gasteiger partial charge in [-0.3, -0.25) is 9.59 Å². The molecule has 8 heteroatoms. The molecule has 1 aliphatic heterocycles. The van der Waals surface area contributed by atoms with Crippen molar-refractivity contribution in [2.75, 3.05) is 17.2 Å². The van der Waals surface area contributed by atoms with Crippen molar-refractivity contribution in [3.8, 4) is 11.5 Å². The highest BCUT2D eigenvalue weighted by molar-refractivity contribution is 9.10. The Morgan fingerprint density at radius 1 is 1.11 bits per heavy atom. The number of hydrogen-bond acceptors (Lipinski definition) is 6. The van der Waals surface area contributed by atoms with Crippen molar-refractivity contribution < 1.29 is 14.0 Å². The molecule has 2 heterocycles. The van der Waals surface area contributed by atoms with Crippen LogP contribution in [0.5, 0.6) is 0 Å². The first-order valence-corrected chi connectivity index (χ1v) is 10.5. The summed E-state index contributed by atoms with van der Waals surface area (Å²) in [6.07, 6.45) is 1.46. The maximum Gasteiger partial charge on any atom is 0.277 e. The summed E-state index contributed by atoms with van der Waals surface area (Å²) in [6.45, 7) is 0.736. The maximum atomic E-state index is 12.4. The minimum absolute atomic E-state index is 0.0345. The van der Waals surface area contributed by atoms with Gasteiger partial charge in [-0.05, 0) is 55.0 Å². The summed E-state index contributed by atoms with van der Waals surface area (Å²) < 4.78 is 6.59. The Labute approximate surface area is 174 Å². The minimum atomic E-state index is -0.0345. The molecule has 1 fully saturated rings. The molecule has 28 heavy (non-hydrogen) atoms. The SMILES string of the molecule is O=C(CSc1nnc(-c2ccc(Br)cc2)o1)c1ccc(N2CCCC2=O)cc1. The van der Waals surface area contributed by atoms with E-state index in [-0.39, 0.29) is 17.4 Å². The number of rotatable bonds is 6. The third-order valence-corrected chi connectivity index (χ3v) is 5.75. The number of nitrogens with zero attached hydrogens (tertiary/aromatic N) is 3. The fraction of sp³-hybridized carbons (Fsp3) is 0.200. The van der Waals surface area contributed by atoms with Gasteiger partial charge in [-0.2, -0.15) is 0 Å². The third kappa shape index (κ3) is 4.18. The van der Waals surface area contributed by atoms with Gasteiger partial charge in [-0.15, -0.1) is 10.2 Å². The third-order valence-electron chi connectivity index (χ3n) is 4.40. The highest BCUT2D eigenvalue weighted by atomic mass is 79.9. The van der Waals surface area contributed by atoms with E-state index < -0.39 is 0 Å². The van der Waals surface area contributed by atoms with E-state index >= 15 is 0 Å². The fourth-order valence-corrected chi connectivity index (χ4v) is 3.86. The number of aromatic nitrogens is 2. The van der Waals surface area contributed by atoms with Gasteiger partial charge in [0.1, 0.15) is 0 Å². The van der Waals surface area contributed by atoms with Crippen molar-refractivity contribution in [1.29, 1.82) is 0 Å². The Balaban J connectivity index is 1.36. The first-order valence-electron chi connectivity index (χ1n) is 8.76. The first-order chi connectivity index (χ1) is 13.6. The molecule has 0 spiro atoms. The van der Waals surface area contributed by atoms with Crippen LogP contribution in [0.15, 0.2) is 62.6 Å². The normalized spacial score (nSPS) is 13.9. The number of carbonyl (C=O) groups excluding carboxylic acids is 2. The van der Waals surface area contributed by atoms with Gasteiger partial charge < -0.3 is 9.32 Å². The summed E-state index contributed by atoms with van der Waals surface area (Å²) in [7, 11) is 0. The number of amides is 1. The summed E-state index contributed by atoms with van der Waals surface area (Å²) in [6, 6.07) is 14.7. The van der Waals surface area contributed by atoms with E-state index in [1.54, 1.807) is 17.0 Å². The van der Waals surface area contributed by atoms with Gasteiger partial charge in [0.25, 0.3) is 5.22 Å². The second kappa shape index (κ2) is 8.28. The van der Waals surface area contributed by atoms with Gasteiger partial charge in [0.2, 0.25) is 11.8 Å². The molecule has 1 aliphatic rings. The van der Waals surface area contributed by atoms with Crippen molar-refractivity contribution in [3.63, 3.8) is 0 Å². The molecular formula is C20H16BrN3O3S. The largest absolute Gasteiger partial charge is 0.411 e. The minimum Gasteiger partial charge on any atom is -0.411 e. The van der Waals surface area contributed by atoms with E-state index in [0.29, 0.717) is 23.1 Å². The molecule has 1 aromatic heterocycles. The zero-order chi connectivity index (χ0) is 19.5. The molecule has 0 saturated carbocycles. The van der Waals surface area contributed by atoms with Crippen LogP contribution in [0.1, 0.15) is 23.2 Å². The lowest BCUT2D eigenvalue weighted by Crippen LogP contribution is -2.23. The van der Waals surface area contributed by atoms with Crippen molar-refractivity contribution in [1.82, 2.24) is 10.2 Å². The molecule has 2 aromatic carbocycles. The lowest BCUT2D eigenvalue weighted by molar-refractivity contribution is -0.117. The van der Waals surface area contributed by atoms with E-state index in [4.69, 9.17) is 4.42 Å².